The van der Waals surface area contributed by atoms with Gasteiger partial charge in [0.2, 0.25) is 5.91 Å². The quantitative estimate of drug-likeness (QED) is 0.179. The maximum atomic E-state index is 13.5. The summed E-state index contributed by atoms with van der Waals surface area (Å²) in [6.45, 7) is 18.3. The predicted octanol–water partition coefficient (Wildman–Crippen LogP) is 6.82. The summed E-state index contributed by atoms with van der Waals surface area (Å²) in [5.41, 5.74) is 0.195. The Labute approximate surface area is 321 Å². The summed E-state index contributed by atoms with van der Waals surface area (Å²) in [4.78, 5) is 32.0. The molecule has 2 fully saturated rings. The number of benzene rings is 2. The van der Waals surface area contributed by atoms with Gasteiger partial charge in [0.15, 0.2) is 0 Å². The van der Waals surface area contributed by atoms with Gasteiger partial charge in [-0.3, -0.25) is 9.59 Å². The Kier molecular flexibility index (Phi) is 12.7. The number of ketones is 1. The minimum atomic E-state index is -2.73. The van der Waals surface area contributed by atoms with Crippen molar-refractivity contribution in [3.63, 3.8) is 0 Å². The first-order chi connectivity index (χ1) is 24.9. The summed E-state index contributed by atoms with van der Waals surface area (Å²) < 4.78 is 13.4. The van der Waals surface area contributed by atoms with Crippen molar-refractivity contribution in [1.82, 2.24) is 10.3 Å². The number of nitrogens with one attached hydrogen (secondary N) is 1. The van der Waals surface area contributed by atoms with Crippen LogP contribution in [-0.4, -0.2) is 65.2 Å². The highest BCUT2D eigenvalue weighted by molar-refractivity contribution is 7.09. The lowest BCUT2D eigenvalue weighted by atomic mass is 9.72. The van der Waals surface area contributed by atoms with Gasteiger partial charge < -0.3 is 24.7 Å². The lowest BCUT2D eigenvalue weighted by Gasteiger charge is -2.42. The van der Waals surface area contributed by atoms with Gasteiger partial charge in [-0.15, -0.1) is 11.3 Å². The number of ether oxygens (including phenoxy) is 1. The smallest absolute Gasteiger partial charge is 0.261 e. The molecule has 2 aliphatic rings. The summed E-state index contributed by atoms with van der Waals surface area (Å²) in [6, 6.07) is 20.8. The normalized spacial score (nSPS) is 29.3. The number of thiazole rings is 1. The van der Waals surface area contributed by atoms with E-state index in [4.69, 9.17) is 14.1 Å². The van der Waals surface area contributed by atoms with Crippen molar-refractivity contribution in [3.05, 3.63) is 82.3 Å². The molecule has 2 saturated heterocycles. The van der Waals surface area contributed by atoms with Crippen molar-refractivity contribution < 1.29 is 29.0 Å². The van der Waals surface area contributed by atoms with Gasteiger partial charge in [0, 0.05) is 17.7 Å². The average Bonchev–Trinajstić information content (AvgIpc) is 3.52. The number of amides is 1. The highest BCUT2D eigenvalue weighted by Crippen LogP contribution is 2.45. The second-order valence-corrected chi connectivity index (χ2v) is 22.5. The second kappa shape index (κ2) is 16.4. The van der Waals surface area contributed by atoms with E-state index in [0.29, 0.717) is 13.0 Å². The molecule has 1 aromatic heterocycles. The van der Waals surface area contributed by atoms with Crippen LogP contribution < -0.4 is 15.7 Å². The number of epoxide rings is 1. The fourth-order valence-corrected chi connectivity index (χ4v) is 13.4. The number of rotatable bonds is 7. The van der Waals surface area contributed by atoms with E-state index in [1.54, 1.807) is 32.1 Å². The summed E-state index contributed by atoms with van der Waals surface area (Å²) in [5.74, 6) is -1.34. The number of aliphatic hydroxyl groups is 2. The van der Waals surface area contributed by atoms with E-state index < -0.39 is 31.9 Å². The number of carbonyl (C=O) groups excluding carboxylic acids is 2. The van der Waals surface area contributed by atoms with E-state index in [9.17, 15) is 19.8 Å². The summed E-state index contributed by atoms with van der Waals surface area (Å²) in [7, 11) is -2.73. The molecule has 2 aromatic carbocycles. The molecule has 3 heterocycles. The second-order valence-electron chi connectivity index (χ2n) is 17.2. The van der Waals surface area contributed by atoms with Crippen LogP contribution in [0.1, 0.15) is 105 Å². The Balaban J connectivity index is 1.37. The number of hydrogen-bond donors (Lipinski definition) is 3. The first-order valence-corrected chi connectivity index (χ1v) is 21.9. The average molecular weight is 761 g/mol. The van der Waals surface area contributed by atoms with E-state index >= 15 is 0 Å². The number of hydrogen-bond acceptors (Lipinski definition) is 8. The molecule has 0 saturated carbocycles. The minimum Gasteiger partial charge on any atom is -0.401 e. The molecule has 288 valence electrons. The maximum absolute atomic E-state index is 13.5. The molecular weight excluding hydrogens is 701 g/mol. The van der Waals surface area contributed by atoms with Crippen LogP contribution in [0, 0.1) is 17.3 Å². The summed E-state index contributed by atoms with van der Waals surface area (Å²) in [5, 5.41) is 30.6. The predicted molar refractivity (Wildman–Crippen MR) is 216 cm³/mol. The number of Topliss-reactive ketones (excluding diaryl/α,β-unsaturated/α-hetero) is 1. The van der Waals surface area contributed by atoms with E-state index in [0.717, 1.165) is 35.5 Å². The fraction of sp³-hybridized carbons (Fsp3) is 0.558. The Morgan fingerprint density at radius 3 is 2.23 bits per heavy atom. The largest absolute Gasteiger partial charge is 0.401 e. The van der Waals surface area contributed by atoms with E-state index in [2.05, 4.69) is 81.5 Å². The van der Waals surface area contributed by atoms with Gasteiger partial charge in [-0.05, 0) is 59.7 Å². The van der Waals surface area contributed by atoms with Crippen molar-refractivity contribution in [2.75, 3.05) is 0 Å². The van der Waals surface area contributed by atoms with Gasteiger partial charge in [0.25, 0.3) is 8.32 Å². The third-order valence-corrected chi connectivity index (χ3v) is 17.7. The molecule has 10 heteroatoms. The van der Waals surface area contributed by atoms with Crippen molar-refractivity contribution in [2.45, 2.75) is 136 Å². The molecule has 3 aromatic rings. The topological polar surface area (TPSA) is 121 Å². The molecule has 0 radical (unpaired) electrons. The first kappa shape index (κ1) is 41.2. The zero-order chi connectivity index (χ0) is 38.8. The summed E-state index contributed by atoms with van der Waals surface area (Å²) in [6.07, 6.45) is 2.71. The lowest BCUT2D eigenvalue weighted by molar-refractivity contribution is -0.143. The van der Waals surface area contributed by atoms with Crippen molar-refractivity contribution in [1.29, 1.82) is 0 Å². The molecule has 0 bridgehead atoms. The van der Waals surface area contributed by atoms with E-state index in [-0.39, 0.29) is 46.8 Å². The Bertz CT molecular complexity index is 1700. The van der Waals surface area contributed by atoms with Crippen LogP contribution in [0.4, 0.5) is 0 Å². The zero-order valence-corrected chi connectivity index (χ0v) is 34.8. The Hall–Kier alpha value is -2.99. The zero-order valence-electron chi connectivity index (χ0n) is 33.0. The van der Waals surface area contributed by atoms with Crippen LogP contribution in [0.25, 0.3) is 6.08 Å². The van der Waals surface area contributed by atoms with Gasteiger partial charge in [-0.1, -0.05) is 116 Å². The molecule has 3 N–H and O–H groups in total. The van der Waals surface area contributed by atoms with Crippen LogP contribution in [0.15, 0.2) is 71.6 Å². The lowest BCUT2D eigenvalue weighted by Crippen LogP contribution is -2.66. The van der Waals surface area contributed by atoms with Crippen LogP contribution >= 0.6 is 11.3 Å². The fourth-order valence-electron chi connectivity index (χ4n) is 8.13. The standard InChI is InChI=1S/C43H60N2O6SSi/c1-28-17-16-22-43(9)36(51-43)24-34(45-37(47)25-35(46)42(7,8)40(49)30(3)39(28)48)29(2)23-31-27-52-38(44-31)26-50-53(41(4,5)6,32-18-12-10-13-19-32)33-20-14-11-15-21-33/h10-15,18-21,23,27-28,30,34-36,39,46,48H,16-17,22,24-26H2,1-9H3,(H,45,47)/b29-23+/t28-,30+,34-,35-,36-,39-,43+/m0/s1. The van der Waals surface area contributed by atoms with E-state index in [1.165, 1.54) is 10.4 Å². The molecule has 5 rings (SSSR count). The Morgan fingerprint density at radius 2 is 1.64 bits per heavy atom. The first-order valence-electron chi connectivity index (χ1n) is 19.1. The van der Waals surface area contributed by atoms with Crippen molar-refractivity contribution >= 4 is 47.8 Å². The molecular formula is C43H60N2O6SSi. The van der Waals surface area contributed by atoms with Gasteiger partial charge in [-0.25, -0.2) is 4.98 Å². The molecule has 8 nitrogen and oxygen atoms in total. The van der Waals surface area contributed by atoms with Crippen LogP contribution in [0.5, 0.6) is 0 Å². The van der Waals surface area contributed by atoms with Gasteiger partial charge in [0.1, 0.15) is 10.8 Å². The molecule has 0 aliphatic carbocycles. The molecule has 0 unspecified atom stereocenters. The van der Waals surface area contributed by atoms with Crippen molar-refractivity contribution in [3.8, 4) is 0 Å². The van der Waals surface area contributed by atoms with Gasteiger partial charge >= 0.3 is 0 Å². The van der Waals surface area contributed by atoms with Crippen molar-refractivity contribution in [2.24, 2.45) is 17.3 Å². The third-order valence-electron chi connectivity index (χ3n) is 11.8. The highest BCUT2D eigenvalue weighted by Gasteiger charge is 2.53. The highest BCUT2D eigenvalue weighted by atomic mass is 32.1. The molecule has 2 aliphatic heterocycles. The van der Waals surface area contributed by atoms with Gasteiger partial charge in [-0.2, -0.15) is 0 Å². The van der Waals surface area contributed by atoms with Crippen LogP contribution in [-0.2, 0) is 25.4 Å². The molecule has 53 heavy (non-hydrogen) atoms. The molecule has 0 spiro atoms. The number of aromatic nitrogens is 1. The van der Waals surface area contributed by atoms with E-state index in [1.807, 2.05) is 37.4 Å². The monoisotopic (exact) mass is 760 g/mol. The number of carbonyl (C=O) groups is 2. The number of fused-ring (bicyclic) bond motifs is 1. The van der Waals surface area contributed by atoms with Gasteiger partial charge in [0.05, 0.1) is 54.1 Å². The summed E-state index contributed by atoms with van der Waals surface area (Å²) >= 11 is 1.56. The number of nitrogens with zero attached hydrogens (tertiary/aromatic N) is 1. The minimum absolute atomic E-state index is 0.0444. The SMILES string of the molecule is C/C(=C\c1csc(CO[Si](c2ccccc2)(c2ccccc2)C(C)(C)C)n1)[C@@H]1C[C@@H]2O[C@]2(C)CCC[C@H](C)[C@H](O)[C@@H](C)C(=O)C(C)(C)[C@@H](O)CC(=O)N1. The third kappa shape index (κ3) is 9.11. The van der Waals surface area contributed by atoms with Crippen LogP contribution in [0.3, 0.4) is 0 Å². The molecule has 1 amide bonds. The maximum Gasteiger partial charge on any atom is 0.261 e. The molecule has 7 atom stereocenters. The Morgan fingerprint density at radius 1 is 1.04 bits per heavy atom. The number of aliphatic hydroxyl groups excluding tert-OH is 2. The van der Waals surface area contributed by atoms with Crippen LogP contribution in [0.2, 0.25) is 5.04 Å².